The summed E-state index contributed by atoms with van der Waals surface area (Å²) in [7, 11) is 0. The number of rotatable bonds is 6. The lowest BCUT2D eigenvalue weighted by Crippen LogP contribution is -2.33. The molecule has 1 fully saturated rings. The van der Waals surface area contributed by atoms with Crippen LogP contribution in [0.5, 0.6) is 0 Å². The monoisotopic (exact) mass is 455 g/mol. The van der Waals surface area contributed by atoms with E-state index in [-0.39, 0.29) is 23.3 Å². The molecule has 1 atom stereocenters. The maximum atomic E-state index is 13.6. The summed E-state index contributed by atoms with van der Waals surface area (Å²) < 4.78 is 7.24. The molecule has 0 radical (unpaired) electrons. The number of hydrogen-bond donors (Lipinski definition) is 1. The summed E-state index contributed by atoms with van der Waals surface area (Å²) >= 11 is 2.95. The number of nitrogens with zero attached hydrogens (tertiary/aromatic N) is 2. The van der Waals surface area contributed by atoms with Crippen molar-refractivity contribution in [3.63, 3.8) is 0 Å². The maximum absolute atomic E-state index is 13.6. The molecule has 8 heteroatoms. The van der Waals surface area contributed by atoms with Crippen LogP contribution in [-0.4, -0.2) is 40.5 Å². The van der Waals surface area contributed by atoms with Gasteiger partial charge in [0, 0.05) is 18.0 Å². The Morgan fingerprint density at radius 1 is 1.23 bits per heavy atom. The molecule has 1 saturated heterocycles. The second-order valence-corrected chi connectivity index (χ2v) is 10.0. The van der Waals surface area contributed by atoms with E-state index in [0.717, 1.165) is 54.6 Å². The highest BCUT2D eigenvalue weighted by atomic mass is 32.2. The zero-order valence-corrected chi connectivity index (χ0v) is 18.9. The second-order valence-electron chi connectivity index (χ2n) is 7.99. The van der Waals surface area contributed by atoms with E-state index in [1.165, 1.54) is 28.6 Å². The minimum absolute atomic E-state index is 0.0298. The van der Waals surface area contributed by atoms with Gasteiger partial charge in [-0.3, -0.25) is 14.2 Å². The number of benzene rings is 1. The summed E-state index contributed by atoms with van der Waals surface area (Å²) in [6.07, 6.45) is 6.40. The van der Waals surface area contributed by atoms with Gasteiger partial charge in [-0.25, -0.2) is 4.98 Å². The molecule has 3 aromatic rings. The fourth-order valence-electron chi connectivity index (χ4n) is 4.30. The van der Waals surface area contributed by atoms with Crippen LogP contribution in [0.2, 0.25) is 0 Å². The van der Waals surface area contributed by atoms with E-state index < -0.39 is 0 Å². The molecule has 0 bridgehead atoms. The number of aryl methyl sites for hydroxylation is 2. The van der Waals surface area contributed by atoms with Crippen molar-refractivity contribution in [2.45, 2.75) is 49.8 Å². The molecular formula is C23H25N3O3S2. The van der Waals surface area contributed by atoms with Gasteiger partial charge in [0.25, 0.3) is 5.56 Å². The van der Waals surface area contributed by atoms with E-state index in [0.29, 0.717) is 11.7 Å². The topological polar surface area (TPSA) is 73.2 Å². The van der Waals surface area contributed by atoms with Crippen molar-refractivity contribution in [1.82, 2.24) is 14.9 Å². The SMILES string of the molecule is O=C(CSc1nc2sc3c(c2c(=O)n1-c1ccccc1)CCCC3)NCC1CCCO1. The molecule has 2 aliphatic rings. The molecule has 2 aromatic heterocycles. The third-order valence-electron chi connectivity index (χ3n) is 5.86. The Morgan fingerprint density at radius 2 is 2.06 bits per heavy atom. The van der Waals surface area contributed by atoms with E-state index in [9.17, 15) is 9.59 Å². The molecular weight excluding hydrogens is 430 g/mol. The van der Waals surface area contributed by atoms with Crippen LogP contribution in [0, 0.1) is 0 Å². The van der Waals surface area contributed by atoms with Crippen LogP contribution in [0.15, 0.2) is 40.3 Å². The van der Waals surface area contributed by atoms with Gasteiger partial charge >= 0.3 is 0 Å². The number of aromatic nitrogens is 2. The molecule has 1 aliphatic carbocycles. The summed E-state index contributed by atoms with van der Waals surface area (Å²) in [5.41, 5.74) is 1.93. The van der Waals surface area contributed by atoms with Crippen LogP contribution in [-0.2, 0) is 22.4 Å². The first-order chi connectivity index (χ1) is 15.2. The molecule has 1 aliphatic heterocycles. The predicted molar refractivity (Wildman–Crippen MR) is 125 cm³/mol. The van der Waals surface area contributed by atoms with Crippen molar-refractivity contribution in [2.75, 3.05) is 18.9 Å². The van der Waals surface area contributed by atoms with Crippen molar-refractivity contribution in [1.29, 1.82) is 0 Å². The van der Waals surface area contributed by atoms with Crippen molar-refractivity contribution >= 4 is 39.2 Å². The van der Waals surface area contributed by atoms with Gasteiger partial charge in [0.15, 0.2) is 5.16 Å². The minimum atomic E-state index is -0.0695. The summed E-state index contributed by atoms with van der Waals surface area (Å²) in [4.78, 5) is 33.0. The summed E-state index contributed by atoms with van der Waals surface area (Å²) in [5.74, 6) is 0.141. The minimum Gasteiger partial charge on any atom is -0.376 e. The van der Waals surface area contributed by atoms with Crippen molar-refractivity contribution < 1.29 is 9.53 Å². The average molecular weight is 456 g/mol. The van der Waals surface area contributed by atoms with Crippen LogP contribution in [0.4, 0.5) is 0 Å². The van der Waals surface area contributed by atoms with Gasteiger partial charge in [0.05, 0.1) is 22.9 Å². The number of thiophene rings is 1. The van der Waals surface area contributed by atoms with Gasteiger partial charge in [-0.1, -0.05) is 30.0 Å². The Kier molecular flexibility index (Phi) is 6.11. The van der Waals surface area contributed by atoms with Crippen LogP contribution < -0.4 is 10.9 Å². The Labute approximate surface area is 189 Å². The largest absolute Gasteiger partial charge is 0.376 e. The van der Waals surface area contributed by atoms with Gasteiger partial charge < -0.3 is 10.1 Å². The molecule has 0 saturated carbocycles. The molecule has 3 heterocycles. The molecule has 162 valence electrons. The molecule has 1 aromatic carbocycles. The number of thioether (sulfide) groups is 1. The average Bonchev–Trinajstić information content (AvgIpc) is 3.44. The molecule has 1 amide bonds. The molecule has 5 rings (SSSR count). The molecule has 1 N–H and O–H groups in total. The number of carbonyl (C=O) groups excluding carboxylic acids is 1. The number of ether oxygens (including phenoxy) is 1. The quantitative estimate of drug-likeness (QED) is 0.453. The third-order valence-corrected chi connectivity index (χ3v) is 7.98. The van der Waals surface area contributed by atoms with Crippen LogP contribution in [0.3, 0.4) is 0 Å². The van der Waals surface area contributed by atoms with Crippen molar-refractivity contribution in [3.05, 3.63) is 51.1 Å². The molecule has 6 nitrogen and oxygen atoms in total. The summed E-state index contributed by atoms with van der Waals surface area (Å²) in [5, 5.41) is 4.27. The predicted octanol–water partition coefficient (Wildman–Crippen LogP) is 3.71. The highest BCUT2D eigenvalue weighted by Crippen LogP contribution is 2.35. The number of carbonyl (C=O) groups is 1. The Hall–Kier alpha value is -2.16. The van der Waals surface area contributed by atoms with Gasteiger partial charge in [0.2, 0.25) is 5.91 Å². The second kappa shape index (κ2) is 9.14. The number of hydrogen-bond acceptors (Lipinski definition) is 6. The highest BCUT2D eigenvalue weighted by Gasteiger charge is 2.23. The Bertz CT molecular complexity index is 1150. The van der Waals surface area contributed by atoms with Gasteiger partial charge in [-0.2, -0.15) is 0 Å². The molecule has 1 unspecified atom stereocenters. The lowest BCUT2D eigenvalue weighted by Gasteiger charge is -2.14. The van der Waals surface area contributed by atoms with Crippen LogP contribution in [0.1, 0.15) is 36.1 Å². The zero-order valence-electron chi connectivity index (χ0n) is 17.3. The number of para-hydroxylation sites is 1. The Balaban J connectivity index is 1.46. The van der Waals surface area contributed by atoms with E-state index in [1.807, 2.05) is 30.3 Å². The summed E-state index contributed by atoms with van der Waals surface area (Å²) in [6.45, 7) is 1.31. The van der Waals surface area contributed by atoms with Crippen molar-refractivity contribution in [2.24, 2.45) is 0 Å². The number of nitrogens with one attached hydrogen (secondary N) is 1. The lowest BCUT2D eigenvalue weighted by atomic mass is 9.97. The van der Waals surface area contributed by atoms with Crippen LogP contribution >= 0.6 is 23.1 Å². The highest BCUT2D eigenvalue weighted by molar-refractivity contribution is 7.99. The molecule has 0 spiro atoms. The van der Waals surface area contributed by atoms with Crippen LogP contribution in [0.25, 0.3) is 15.9 Å². The standard InChI is InChI=1S/C23H25N3O3S2/c27-19(24-13-16-9-6-12-29-16)14-30-23-25-21-20(17-10-4-5-11-18(17)31-21)22(28)26(23)15-7-2-1-3-8-15/h1-3,7-8,16H,4-6,9-14H2,(H,24,27). The summed E-state index contributed by atoms with van der Waals surface area (Å²) in [6, 6.07) is 9.58. The van der Waals surface area contributed by atoms with E-state index in [2.05, 4.69) is 5.32 Å². The number of amides is 1. The fourth-order valence-corrected chi connectivity index (χ4v) is 6.45. The first-order valence-electron chi connectivity index (χ1n) is 10.8. The lowest BCUT2D eigenvalue weighted by molar-refractivity contribution is -0.119. The van der Waals surface area contributed by atoms with E-state index >= 15 is 0 Å². The van der Waals surface area contributed by atoms with E-state index in [4.69, 9.17) is 9.72 Å². The first-order valence-corrected chi connectivity index (χ1v) is 12.6. The Morgan fingerprint density at radius 3 is 2.87 bits per heavy atom. The van der Waals surface area contributed by atoms with Gasteiger partial charge in [-0.15, -0.1) is 11.3 Å². The number of fused-ring (bicyclic) bond motifs is 3. The smallest absolute Gasteiger partial charge is 0.267 e. The zero-order chi connectivity index (χ0) is 21.2. The maximum Gasteiger partial charge on any atom is 0.267 e. The van der Waals surface area contributed by atoms with E-state index in [1.54, 1.807) is 15.9 Å². The fraction of sp³-hybridized carbons (Fsp3) is 0.435. The third kappa shape index (κ3) is 4.29. The first kappa shape index (κ1) is 20.7. The normalized spacial score (nSPS) is 18.3. The van der Waals surface area contributed by atoms with Crippen molar-refractivity contribution in [3.8, 4) is 5.69 Å². The van der Waals surface area contributed by atoms with Gasteiger partial charge in [-0.05, 0) is 56.2 Å². The van der Waals surface area contributed by atoms with Gasteiger partial charge in [0.1, 0.15) is 4.83 Å². The molecule has 31 heavy (non-hydrogen) atoms.